The van der Waals surface area contributed by atoms with E-state index < -0.39 is 0 Å². The van der Waals surface area contributed by atoms with Gasteiger partial charge in [-0.05, 0) is 25.8 Å². The normalized spacial score (nSPS) is 17.2. The third-order valence-electron chi connectivity index (χ3n) is 4.33. The van der Waals surface area contributed by atoms with Crippen molar-refractivity contribution in [1.82, 2.24) is 9.97 Å². The van der Waals surface area contributed by atoms with E-state index in [2.05, 4.69) is 21.8 Å². The molecule has 1 saturated heterocycles. The Bertz CT molecular complexity index is 717. The van der Waals surface area contributed by atoms with Gasteiger partial charge >= 0.3 is 0 Å². The molecular weight excluding hydrogens is 308 g/mol. The van der Waals surface area contributed by atoms with Crippen LogP contribution in [-0.2, 0) is 4.74 Å². The van der Waals surface area contributed by atoms with E-state index in [0.717, 1.165) is 43.4 Å². The molecule has 2 aromatic rings. The van der Waals surface area contributed by atoms with Crippen molar-refractivity contribution in [2.45, 2.75) is 25.9 Å². The second-order valence-electron chi connectivity index (χ2n) is 5.81. The maximum atomic E-state index is 6.17. The van der Waals surface area contributed by atoms with Crippen LogP contribution in [-0.4, -0.2) is 50.0 Å². The Morgan fingerprint density at radius 1 is 1.25 bits per heavy atom. The average molecular weight is 332 g/mol. The number of ether oxygens (including phenoxy) is 3. The lowest BCUT2D eigenvalue weighted by molar-refractivity contribution is 0.115. The summed E-state index contributed by atoms with van der Waals surface area (Å²) >= 11 is 0. The number of fused-ring (bicyclic) bond motifs is 1. The predicted molar refractivity (Wildman–Crippen MR) is 93.9 cm³/mol. The van der Waals surface area contributed by atoms with E-state index >= 15 is 0 Å². The minimum absolute atomic E-state index is 0.232. The Kier molecular flexibility index (Phi) is 4.89. The molecule has 3 rings (SSSR count). The summed E-state index contributed by atoms with van der Waals surface area (Å²) in [5.41, 5.74) is 6.90. The van der Waals surface area contributed by atoms with E-state index in [1.54, 1.807) is 14.2 Å². The molecule has 24 heavy (non-hydrogen) atoms. The van der Waals surface area contributed by atoms with Crippen molar-refractivity contribution in [1.29, 1.82) is 0 Å². The number of likely N-dealkylation sites (N-methyl/N-ethyl adjacent to an activating group) is 1. The fourth-order valence-corrected chi connectivity index (χ4v) is 2.99. The van der Waals surface area contributed by atoms with Crippen molar-refractivity contribution >= 4 is 22.7 Å². The zero-order valence-electron chi connectivity index (χ0n) is 14.4. The van der Waals surface area contributed by atoms with Gasteiger partial charge in [0.1, 0.15) is 5.82 Å². The first kappa shape index (κ1) is 16.6. The predicted octanol–water partition coefficient (Wildman–Crippen LogP) is 2.23. The van der Waals surface area contributed by atoms with Gasteiger partial charge in [0.2, 0.25) is 5.95 Å². The number of hydrogen-bond donors (Lipinski definition) is 1. The number of rotatable bonds is 6. The SMILES string of the molecule is CCN(CC1CCCO1)c1nc(N)c2cc(OC)c(OC)cc2n1. The summed E-state index contributed by atoms with van der Waals surface area (Å²) in [5.74, 6) is 2.28. The first-order chi connectivity index (χ1) is 11.7. The number of anilines is 2. The van der Waals surface area contributed by atoms with E-state index in [1.807, 2.05) is 12.1 Å². The summed E-state index contributed by atoms with van der Waals surface area (Å²) in [5, 5.41) is 0.754. The van der Waals surface area contributed by atoms with Gasteiger partial charge in [0, 0.05) is 31.1 Å². The highest BCUT2D eigenvalue weighted by molar-refractivity contribution is 5.91. The molecule has 0 bridgehead atoms. The van der Waals surface area contributed by atoms with Gasteiger partial charge in [-0.2, -0.15) is 4.98 Å². The number of methoxy groups -OCH3 is 2. The zero-order chi connectivity index (χ0) is 17.1. The van der Waals surface area contributed by atoms with Gasteiger partial charge in [-0.1, -0.05) is 0 Å². The second kappa shape index (κ2) is 7.09. The maximum Gasteiger partial charge on any atom is 0.227 e. The van der Waals surface area contributed by atoms with Crippen LogP contribution in [0.3, 0.4) is 0 Å². The van der Waals surface area contributed by atoms with Crippen LogP contribution in [0, 0.1) is 0 Å². The topological polar surface area (TPSA) is 82.7 Å². The van der Waals surface area contributed by atoms with Crippen LogP contribution in [0.2, 0.25) is 0 Å². The van der Waals surface area contributed by atoms with Crippen LogP contribution in [0.5, 0.6) is 11.5 Å². The molecule has 0 spiro atoms. The van der Waals surface area contributed by atoms with Crippen molar-refractivity contribution in [2.24, 2.45) is 0 Å². The molecule has 7 nitrogen and oxygen atoms in total. The quantitative estimate of drug-likeness (QED) is 0.868. The summed E-state index contributed by atoms with van der Waals surface area (Å²) in [6, 6.07) is 3.64. The first-order valence-corrected chi connectivity index (χ1v) is 8.22. The summed E-state index contributed by atoms with van der Waals surface area (Å²) in [7, 11) is 3.19. The molecule has 1 aromatic carbocycles. The van der Waals surface area contributed by atoms with Gasteiger partial charge in [0.15, 0.2) is 11.5 Å². The van der Waals surface area contributed by atoms with Gasteiger partial charge in [-0.3, -0.25) is 0 Å². The zero-order valence-corrected chi connectivity index (χ0v) is 14.4. The van der Waals surface area contributed by atoms with E-state index in [-0.39, 0.29) is 6.10 Å². The Morgan fingerprint density at radius 2 is 2.00 bits per heavy atom. The molecule has 0 aliphatic carbocycles. The van der Waals surface area contributed by atoms with Crippen molar-refractivity contribution < 1.29 is 14.2 Å². The molecule has 1 fully saturated rings. The summed E-state index contributed by atoms with van der Waals surface area (Å²) in [6.07, 6.45) is 2.42. The van der Waals surface area contributed by atoms with E-state index in [4.69, 9.17) is 19.9 Å². The largest absolute Gasteiger partial charge is 0.493 e. The third kappa shape index (κ3) is 3.17. The molecule has 1 aromatic heterocycles. The van der Waals surface area contributed by atoms with Crippen LogP contribution in [0.15, 0.2) is 12.1 Å². The molecule has 1 unspecified atom stereocenters. The Morgan fingerprint density at radius 3 is 2.62 bits per heavy atom. The number of aromatic nitrogens is 2. The standard InChI is InChI=1S/C17H24N4O3/c1-4-21(10-11-6-5-7-24-11)17-19-13-9-15(23-3)14(22-2)8-12(13)16(18)20-17/h8-9,11H,4-7,10H2,1-3H3,(H2,18,19,20). The molecule has 0 saturated carbocycles. The van der Waals surface area contributed by atoms with Gasteiger partial charge in [0.25, 0.3) is 0 Å². The lowest BCUT2D eigenvalue weighted by Gasteiger charge is -2.24. The Hall–Kier alpha value is -2.28. The summed E-state index contributed by atoms with van der Waals surface area (Å²) in [4.78, 5) is 11.3. The molecule has 0 amide bonds. The van der Waals surface area contributed by atoms with Crippen molar-refractivity contribution in [2.75, 3.05) is 44.5 Å². The maximum absolute atomic E-state index is 6.17. The Labute approximate surface area is 141 Å². The summed E-state index contributed by atoms with van der Waals surface area (Å²) < 4.78 is 16.4. The molecule has 130 valence electrons. The lowest BCUT2D eigenvalue weighted by atomic mass is 10.2. The highest BCUT2D eigenvalue weighted by Gasteiger charge is 2.21. The molecular formula is C17H24N4O3. The minimum Gasteiger partial charge on any atom is -0.493 e. The van der Waals surface area contributed by atoms with E-state index in [1.165, 1.54) is 0 Å². The molecule has 2 N–H and O–H groups in total. The molecule has 1 aliphatic heterocycles. The van der Waals surface area contributed by atoms with Gasteiger partial charge < -0.3 is 24.8 Å². The van der Waals surface area contributed by atoms with Gasteiger partial charge in [0.05, 0.1) is 25.8 Å². The monoisotopic (exact) mass is 332 g/mol. The number of nitrogens with zero attached hydrogens (tertiary/aromatic N) is 3. The highest BCUT2D eigenvalue weighted by Crippen LogP contribution is 2.34. The minimum atomic E-state index is 0.232. The smallest absolute Gasteiger partial charge is 0.227 e. The molecule has 7 heteroatoms. The average Bonchev–Trinajstić information content (AvgIpc) is 3.11. The third-order valence-corrected chi connectivity index (χ3v) is 4.33. The first-order valence-electron chi connectivity index (χ1n) is 8.22. The van der Waals surface area contributed by atoms with Crippen LogP contribution < -0.4 is 20.1 Å². The summed E-state index contributed by atoms with van der Waals surface area (Å²) in [6.45, 7) is 4.47. The van der Waals surface area contributed by atoms with Gasteiger partial charge in [-0.25, -0.2) is 4.98 Å². The van der Waals surface area contributed by atoms with Crippen LogP contribution in [0.4, 0.5) is 11.8 Å². The van der Waals surface area contributed by atoms with Crippen molar-refractivity contribution in [3.8, 4) is 11.5 Å². The highest BCUT2D eigenvalue weighted by atomic mass is 16.5. The van der Waals surface area contributed by atoms with E-state index in [9.17, 15) is 0 Å². The number of hydrogen-bond acceptors (Lipinski definition) is 7. The lowest BCUT2D eigenvalue weighted by Crippen LogP contribution is -2.33. The fourth-order valence-electron chi connectivity index (χ4n) is 2.99. The van der Waals surface area contributed by atoms with Crippen LogP contribution >= 0.6 is 0 Å². The number of nitrogen functional groups attached to an aromatic ring is 1. The second-order valence-corrected chi connectivity index (χ2v) is 5.81. The Balaban J connectivity index is 1.98. The van der Waals surface area contributed by atoms with Crippen molar-refractivity contribution in [3.63, 3.8) is 0 Å². The fraction of sp³-hybridized carbons (Fsp3) is 0.529. The number of nitrogens with two attached hydrogens (primary N) is 1. The molecule has 0 radical (unpaired) electrons. The molecule has 1 aliphatic rings. The van der Waals surface area contributed by atoms with E-state index in [0.29, 0.717) is 23.3 Å². The molecule has 1 atom stereocenters. The number of benzene rings is 1. The molecule has 2 heterocycles. The van der Waals surface area contributed by atoms with Gasteiger partial charge in [-0.15, -0.1) is 0 Å². The van der Waals surface area contributed by atoms with Crippen LogP contribution in [0.1, 0.15) is 19.8 Å². The van der Waals surface area contributed by atoms with Crippen molar-refractivity contribution in [3.05, 3.63) is 12.1 Å². The van der Waals surface area contributed by atoms with Crippen LogP contribution in [0.25, 0.3) is 10.9 Å².